The Morgan fingerprint density at radius 3 is 2.56 bits per heavy atom. The molecule has 0 aliphatic rings. The molecule has 16 heavy (non-hydrogen) atoms. The molecule has 1 aromatic heterocycles. The molecule has 0 saturated heterocycles. The predicted molar refractivity (Wildman–Crippen MR) is 57.2 cm³/mol. The molecule has 0 atom stereocenters. The first-order valence-electron chi connectivity index (χ1n) is 4.52. The van der Waals surface area contributed by atoms with E-state index < -0.39 is 11.9 Å². The van der Waals surface area contributed by atoms with Crippen LogP contribution >= 0.6 is 0 Å². The Hall–Kier alpha value is -2.43. The van der Waals surface area contributed by atoms with Crippen molar-refractivity contribution >= 4 is 22.8 Å². The van der Waals surface area contributed by atoms with Gasteiger partial charge >= 0.3 is 5.97 Å². The van der Waals surface area contributed by atoms with Crippen LogP contribution in [0, 0.1) is 0 Å². The quantitative estimate of drug-likeness (QED) is 0.784. The van der Waals surface area contributed by atoms with Gasteiger partial charge in [-0.1, -0.05) is 18.2 Å². The number of pyridine rings is 1. The third kappa shape index (κ3) is 1.48. The van der Waals surface area contributed by atoms with E-state index in [1.165, 1.54) is 0 Å². The third-order valence-corrected chi connectivity index (χ3v) is 2.25. The van der Waals surface area contributed by atoms with Crippen molar-refractivity contribution in [1.29, 1.82) is 0 Å². The lowest BCUT2D eigenvalue weighted by Crippen LogP contribution is -2.17. The van der Waals surface area contributed by atoms with Crippen molar-refractivity contribution in [2.75, 3.05) is 0 Å². The summed E-state index contributed by atoms with van der Waals surface area (Å²) in [5.74, 6) is -1.98. The second-order valence-corrected chi connectivity index (χ2v) is 3.23. The van der Waals surface area contributed by atoms with Crippen LogP contribution in [0.4, 0.5) is 0 Å². The number of rotatable bonds is 2. The number of hydrogen-bond acceptors (Lipinski definition) is 3. The number of aromatic nitrogens is 1. The smallest absolute Gasteiger partial charge is 0.338 e. The molecule has 1 amide bonds. The number of benzene rings is 1. The fraction of sp³-hybridized carbons (Fsp3) is 0. The standard InChI is InChI=1S/C11H8N2O3/c12-10(14)9-6-3-1-2-4-8(6)13-5-7(9)11(15)16/h1-5H,(H2,12,14)(H,15,16). The van der Waals surface area contributed by atoms with Crippen molar-refractivity contribution in [2.45, 2.75) is 0 Å². The lowest BCUT2D eigenvalue weighted by molar-refractivity contribution is 0.0692. The van der Waals surface area contributed by atoms with Crippen molar-refractivity contribution < 1.29 is 14.7 Å². The number of fused-ring (bicyclic) bond motifs is 1. The second-order valence-electron chi connectivity index (χ2n) is 3.23. The highest BCUT2D eigenvalue weighted by atomic mass is 16.4. The molecule has 0 radical (unpaired) electrons. The summed E-state index contributed by atoms with van der Waals surface area (Å²) in [5, 5.41) is 9.38. The predicted octanol–water partition coefficient (Wildman–Crippen LogP) is 1.03. The Morgan fingerprint density at radius 2 is 1.94 bits per heavy atom. The number of carbonyl (C=O) groups is 2. The lowest BCUT2D eigenvalue weighted by Gasteiger charge is -2.05. The Balaban J connectivity index is 2.90. The van der Waals surface area contributed by atoms with E-state index in [-0.39, 0.29) is 11.1 Å². The molecule has 0 spiro atoms. The van der Waals surface area contributed by atoms with Crippen LogP contribution in [0.2, 0.25) is 0 Å². The van der Waals surface area contributed by atoms with Gasteiger partial charge in [0.05, 0.1) is 16.6 Å². The molecule has 2 rings (SSSR count). The highest BCUT2D eigenvalue weighted by molar-refractivity contribution is 6.12. The maximum Gasteiger partial charge on any atom is 0.338 e. The zero-order valence-electron chi connectivity index (χ0n) is 8.18. The van der Waals surface area contributed by atoms with Gasteiger partial charge in [-0.2, -0.15) is 0 Å². The fourth-order valence-electron chi connectivity index (χ4n) is 1.57. The van der Waals surface area contributed by atoms with Gasteiger partial charge in [0, 0.05) is 11.6 Å². The highest BCUT2D eigenvalue weighted by Crippen LogP contribution is 2.19. The Morgan fingerprint density at radius 1 is 1.25 bits per heavy atom. The first-order valence-corrected chi connectivity index (χ1v) is 4.52. The third-order valence-electron chi connectivity index (χ3n) is 2.25. The van der Waals surface area contributed by atoms with Crippen LogP contribution in [0.5, 0.6) is 0 Å². The zero-order valence-corrected chi connectivity index (χ0v) is 8.18. The molecular formula is C11H8N2O3. The van der Waals surface area contributed by atoms with Crippen LogP contribution < -0.4 is 5.73 Å². The fourth-order valence-corrected chi connectivity index (χ4v) is 1.57. The van der Waals surface area contributed by atoms with Crippen molar-refractivity contribution in [3.8, 4) is 0 Å². The molecule has 0 bridgehead atoms. The second kappa shape index (κ2) is 3.62. The van der Waals surface area contributed by atoms with Gasteiger partial charge in [-0.25, -0.2) is 4.79 Å². The molecule has 3 N–H and O–H groups in total. The average Bonchev–Trinajstić information content (AvgIpc) is 2.27. The van der Waals surface area contributed by atoms with Crippen LogP contribution in [-0.2, 0) is 0 Å². The van der Waals surface area contributed by atoms with E-state index in [1.54, 1.807) is 24.3 Å². The number of carboxylic acid groups (broad SMARTS) is 1. The summed E-state index contributed by atoms with van der Waals surface area (Å²) < 4.78 is 0. The van der Waals surface area contributed by atoms with Crippen LogP contribution in [0.25, 0.3) is 10.9 Å². The molecule has 5 nitrogen and oxygen atoms in total. The zero-order chi connectivity index (χ0) is 11.7. The summed E-state index contributed by atoms with van der Waals surface area (Å²) in [7, 11) is 0. The van der Waals surface area contributed by atoms with Gasteiger partial charge in [0.25, 0.3) is 0 Å². The number of carboxylic acids is 1. The molecule has 0 aliphatic carbocycles. The van der Waals surface area contributed by atoms with Gasteiger partial charge in [-0.15, -0.1) is 0 Å². The average molecular weight is 216 g/mol. The number of para-hydroxylation sites is 1. The number of hydrogen-bond donors (Lipinski definition) is 2. The van der Waals surface area contributed by atoms with Crippen LogP contribution in [0.1, 0.15) is 20.7 Å². The minimum absolute atomic E-state index is 0.00176. The maximum absolute atomic E-state index is 11.3. The number of primary amides is 1. The largest absolute Gasteiger partial charge is 0.478 e. The monoisotopic (exact) mass is 216 g/mol. The number of amides is 1. The van der Waals surface area contributed by atoms with Gasteiger partial charge < -0.3 is 10.8 Å². The molecule has 0 fully saturated rings. The Kier molecular flexibility index (Phi) is 2.28. The summed E-state index contributed by atoms with van der Waals surface area (Å²) in [6, 6.07) is 6.75. The van der Waals surface area contributed by atoms with Crippen molar-refractivity contribution in [2.24, 2.45) is 5.73 Å². The number of nitrogens with two attached hydrogens (primary N) is 1. The molecule has 80 valence electrons. The van der Waals surface area contributed by atoms with Gasteiger partial charge in [-0.05, 0) is 6.07 Å². The molecule has 2 aromatic rings. The van der Waals surface area contributed by atoms with E-state index in [2.05, 4.69) is 4.98 Å². The molecule has 0 unspecified atom stereocenters. The normalized spacial score (nSPS) is 10.2. The number of nitrogens with zero attached hydrogens (tertiary/aromatic N) is 1. The summed E-state index contributed by atoms with van der Waals surface area (Å²) in [4.78, 5) is 26.2. The van der Waals surface area contributed by atoms with Crippen LogP contribution in [0.3, 0.4) is 0 Å². The van der Waals surface area contributed by atoms with E-state index >= 15 is 0 Å². The van der Waals surface area contributed by atoms with Crippen molar-refractivity contribution in [3.05, 3.63) is 41.6 Å². The molecular weight excluding hydrogens is 208 g/mol. The Labute approximate surface area is 90.5 Å². The Bertz CT molecular complexity index is 593. The summed E-state index contributed by atoms with van der Waals surface area (Å²) in [6.07, 6.45) is 1.14. The minimum atomic E-state index is -1.22. The summed E-state index contributed by atoms with van der Waals surface area (Å²) in [6.45, 7) is 0. The van der Waals surface area contributed by atoms with Gasteiger partial charge in [0.15, 0.2) is 0 Å². The van der Waals surface area contributed by atoms with E-state index in [1.807, 2.05) is 0 Å². The minimum Gasteiger partial charge on any atom is -0.478 e. The van der Waals surface area contributed by atoms with E-state index in [4.69, 9.17) is 10.8 Å². The molecule has 1 heterocycles. The molecule has 1 aromatic carbocycles. The van der Waals surface area contributed by atoms with Crippen molar-refractivity contribution in [1.82, 2.24) is 4.98 Å². The van der Waals surface area contributed by atoms with Gasteiger partial charge in [0.1, 0.15) is 0 Å². The highest BCUT2D eigenvalue weighted by Gasteiger charge is 2.18. The molecule has 0 aliphatic heterocycles. The van der Waals surface area contributed by atoms with Crippen LogP contribution in [0.15, 0.2) is 30.5 Å². The SMILES string of the molecule is NC(=O)c1c(C(=O)O)cnc2ccccc12. The van der Waals surface area contributed by atoms with Gasteiger partial charge in [-0.3, -0.25) is 9.78 Å². The van der Waals surface area contributed by atoms with E-state index in [0.717, 1.165) is 6.20 Å². The molecule has 0 saturated carbocycles. The topological polar surface area (TPSA) is 93.3 Å². The van der Waals surface area contributed by atoms with E-state index in [0.29, 0.717) is 10.9 Å². The van der Waals surface area contributed by atoms with E-state index in [9.17, 15) is 9.59 Å². The van der Waals surface area contributed by atoms with Crippen LogP contribution in [-0.4, -0.2) is 22.0 Å². The number of aromatic carboxylic acids is 1. The summed E-state index contributed by atoms with van der Waals surface area (Å²) in [5.41, 5.74) is 5.55. The molecule has 5 heteroatoms. The first kappa shape index (κ1) is 10.1. The summed E-state index contributed by atoms with van der Waals surface area (Å²) >= 11 is 0. The lowest BCUT2D eigenvalue weighted by atomic mass is 10.0. The first-order chi connectivity index (χ1) is 7.61. The number of carbonyl (C=O) groups excluding carboxylic acids is 1. The van der Waals surface area contributed by atoms with Crippen molar-refractivity contribution in [3.63, 3.8) is 0 Å². The van der Waals surface area contributed by atoms with Gasteiger partial charge in [0.2, 0.25) is 5.91 Å². The maximum atomic E-state index is 11.3.